The Morgan fingerprint density at radius 3 is 2.62 bits per heavy atom. The van der Waals surface area contributed by atoms with Gasteiger partial charge in [-0.3, -0.25) is 9.79 Å². The fourth-order valence-electron chi connectivity index (χ4n) is 3.59. The number of carbonyl (C=O) groups excluding carboxylic acids is 1. The average Bonchev–Trinajstić information content (AvgIpc) is 3.13. The lowest BCUT2D eigenvalue weighted by molar-refractivity contribution is -0.127. The fourth-order valence-corrected chi connectivity index (χ4v) is 3.59. The van der Waals surface area contributed by atoms with Crippen LogP contribution in [-0.2, 0) is 17.8 Å². The molecule has 0 spiro atoms. The molecule has 1 amide bonds. The van der Waals surface area contributed by atoms with Gasteiger partial charge in [0.05, 0.1) is 6.10 Å². The predicted molar refractivity (Wildman–Crippen MR) is 138 cm³/mol. The minimum absolute atomic E-state index is 0. The molecule has 1 saturated heterocycles. The SMILES string of the molecule is CN=C(NCc1ccc(OC(C)C)nc1)NCC1CC(=O)N(CCc2ccccc2)C1.I. The lowest BCUT2D eigenvalue weighted by atomic mass is 10.1. The highest BCUT2D eigenvalue weighted by Gasteiger charge is 2.29. The molecule has 174 valence electrons. The van der Waals surface area contributed by atoms with E-state index in [1.807, 2.05) is 49.1 Å². The topological polar surface area (TPSA) is 78.9 Å². The quantitative estimate of drug-likeness (QED) is 0.284. The Labute approximate surface area is 208 Å². The molecule has 3 rings (SSSR count). The number of aromatic nitrogens is 1. The van der Waals surface area contributed by atoms with Gasteiger partial charge in [-0.15, -0.1) is 24.0 Å². The largest absolute Gasteiger partial charge is 0.475 e. The van der Waals surface area contributed by atoms with Gasteiger partial charge in [0.1, 0.15) is 0 Å². The van der Waals surface area contributed by atoms with Crippen LogP contribution in [0.4, 0.5) is 0 Å². The molecular formula is C24H34IN5O2. The third-order valence-electron chi connectivity index (χ3n) is 5.20. The Balaban J connectivity index is 0.00000363. The van der Waals surface area contributed by atoms with Crippen molar-refractivity contribution in [3.63, 3.8) is 0 Å². The van der Waals surface area contributed by atoms with Crippen molar-refractivity contribution in [3.05, 3.63) is 59.8 Å². The Kier molecular flexibility index (Phi) is 10.7. The highest BCUT2D eigenvalue weighted by Crippen LogP contribution is 2.17. The summed E-state index contributed by atoms with van der Waals surface area (Å²) in [5, 5.41) is 6.65. The van der Waals surface area contributed by atoms with Crippen LogP contribution in [-0.4, -0.2) is 54.5 Å². The van der Waals surface area contributed by atoms with E-state index in [4.69, 9.17) is 4.74 Å². The van der Waals surface area contributed by atoms with Gasteiger partial charge in [0.25, 0.3) is 0 Å². The van der Waals surface area contributed by atoms with Crippen molar-refractivity contribution in [2.75, 3.05) is 26.7 Å². The van der Waals surface area contributed by atoms with E-state index in [1.54, 1.807) is 13.2 Å². The van der Waals surface area contributed by atoms with E-state index >= 15 is 0 Å². The lowest BCUT2D eigenvalue weighted by Crippen LogP contribution is -2.40. The monoisotopic (exact) mass is 551 g/mol. The Bertz CT molecular complexity index is 858. The van der Waals surface area contributed by atoms with Gasteiger partial charge in [0.2, 0.25) is 11.8 Å². The second kappa shape index (κ2) is 13.2. The van der Waals surface area contributed by atoms with E-state index in [0.717, 1.165) is 31.0 Å². The molecule has 7 nitrogen and oxygen atoms in total. The molecule has 1 aliphatic rings. The van der Waals surface area contributed by atoms with Crippen molar-refractivity contribution in [1.82, 2.24) is 20.5 Å². The van der Waals surface area contributed by atoms with Gasteiger partial charge in [-0.05, 0) is 31.4 Å². The van der Waals surface area contributed by atoms with E-state index in [1.165, 1.54) is 5.56 Å². The summed E-state index contributed by atoms with van der Waals surface area (Å²) in [5.41, 5.74) is 2.31. The zero-order chi connectivity index (χ0) is 22.1. The van der Waals surface area contributed by atoms with Gasteiger partial charge in [0, 0.05) is 57.8 Å². The first-order chi connectivity index (χ1) is 15.0. The molecule has 1 aliphatic heterocycles. The summed E-state index contributed by atoms with van der Waals surface area (Å²) < 4.78 is 5.57. The number of likely N-dealkylation sites (tertiary alicyclic amines) is 1. The van der Waals surface area contributed by atoms with E-state index in [-0.39, 0.29) is 41.9 Å². The minimum Gasteiger partial charge on any atom is -0.475 e. The molecule has 2 heterocycles. The first kappa shape index (κ1) is 25.9. The number of benzene rings is 1. The molecule has 32 heavy (non-hydrogen) atoms. The van der Waals surface area contributed by atoms with E-state index in [0.29, 0.717) is 25.4 Å². The number of halogens is 1. The molecule has 1 aromatic heterocycles. The molecule has 0 saturated carbocycles. The zero-order valence-corrected chi connectivity index (χ0v) is 21.4. The lowest BCUT2D eigenvalue weighted by Gasteiger charge is -2.18. The molecule has 0 aliphatic carbocycles. The van der Waals surface area contributed by atoms with Gasteiger partial charge in [-0.1, -0.05) is 36.4 Å². The van der Waals surface area contributed by atoms with Crippen molar-refractivity contribution in [3.8, 4) is 5.88 Å². The second-order valence-electron chi connectivity index (χ2n) is 8.12. The average molecular weight is 551 g/mol. The van der Waals surface area contributed by atoms with Crippen LogP contribution in [0.2, 0.25) is 0 Å². The van der Waals surface area contributed by atoms with Gasteiger partial charge in [-0.2, -0.15) is 0 Å². The number of aliphatic imine (C=N–C) groups is 1. The number of nitrogens with one attached hydrogen (secondary N) is 2. The molecule has 2 N–H and O–H groups in total. The summed E-state index contributed by atoms with van der Waals surface area (Å²) in [7, 11) is 1.75. The van der Waals surface area contributed by atoms with Gasteiger partial charge in [0.15, 0.2) is 5.96 Å². The van der Waals surface area contributed by atoms with Gasteiger partial charge in [-0.25, -0.2) is 4.98 Å². The minimum atomic E-state index is 0. The summed E-state index contributed by atoms with van der Waals surface area (Å²) in [6.07, 6.45) is 3.39. The van der Waals surface area contributed by atoms with Crippen molar-refractivity contribution in [2.45, 2.75) is 39.3 Å². The number of guanidine groups is 1. The third kappa shape index (κ3) is 8.29. The zero-order valence-electron chi connectivity index (χ0n) is 19.1. The Morgan fingerprint density at radius 2 is 1.97 bits per heavy atom. The van der Waals surface area contributed by atoms with Crippen molar-refractivity contribution in [2.24, 2.45) is 10.9 Å². The van der Waals surface area contributed by atoms with Crippen LogP contribution in [0.5, 0.6) is 5.88 Å². The molecule has 0 bridgehead atoms. The third-order valence-corrected chi connectivity index (χ3v) is 5.20. The van der Waals surface area contributed by atoms with Crippen molar-refractivity contribution < 1.29 is 9.53 Å². The Hall–Kier alpha value is -2.36. The summed E-state index contributed by atoms with van der Waals surface area (Å²) in [5.74, 6) is 1.87. The van der Waals surface area contributed by atoms with Crippen LogP contribution in [0.1, 0.15) is 31.4 Å². The smallest absolute Gasteiger partial charge is 0.223 e. The summed E-state index contributed by atoms with van der Waals surface area (Å²) in [6, 6.07) is 14.2. The number of ether oxygens (including phenoxy) is 1. The number of hydrogen-bond donors (Lipinski definition) is 2. The molecule has 1 aromatic carbocycles. The number of carbonyl (C=O) groups is 1. The van der Waals surface area contributed by atoms with E-state index in [2.05, 4.69) is 32.7 Å². The van der Waals surface area contributed by atoms with E-state index < -0.39 is 0 Å². The van der Waals surface area contributed by atoms with Crippen LogP contribution < -0.4 is 15.4 Å². The molecular weight excluding hydrogens is 517 g/mol. The fraction of sp³-hybridized carbons (Fsp3) is 0.458. The molecule has 0 radical (unpaired) electrons. The standard InChI is InChI=1S/C24H33N5O2.HI/c1-18(2)31-22-10-9-20(14-26-22)15-27-24(25-3)28-16-21-13-23(30)29(17-21)12-11-19-7-5-4-6-8-19;/h4-10,14,18,21H,11-13,15-17H2,1-3H3,(H2,25,27,28);1H. The molecule has 1 atom stereocenters. The Morgan fingerprint density at radius 1 is 1.19 bits per heavy atom. The van der Waals surface area contributed by atoms with Crippen LogP contribution in [0.3, 0.4) is 0 Å². The first-order valence-corrected chi connectivity index (χ1v) is 10.9. The summed E-state index contributed by atoms with van der Waals surface area (Å²) >= 11 is 0. The highest BCUT2D eigenvalue weighted by molar-refractivity contribution is 14.0. The van der Waals surface area contributed by atoms with Crippen molar-refractivity contribution >= 4 is 35.8 Å². The maximum absolute atomic E-state index is 12.4. The highest BCUT2D eigenvalue weighted by atomic mass is 127. The molecule has 2 aromatic rings. The van der Waals surface area contributed by atoms with Crippen molar-refractivity contribution in [1.29, 1.82) is 0 Å². The molecule has 8 heteroatoms. The molecule has 1 fully saturated rings. The van der Waals surface area contributed by atoms with Crippen LogP contribution in [0, 0.1) is 5.92 Å². The summed E-state index contributed by atoms with van der Waals surface area (Å²) in [4.78, 5) is 22.9. The van der Waals surface area contributed by atoms with Gasteiger partial charge >= 0.3 is 0 Å². The van der Waals surface area contributed by atoms with Crippen LogP contribution >= 0.6 is 24.0 Å². The second-order valence-corrected chi connectivity index (χ2v) is 8.12. The van der Waals surface area contributed by atoms with Crippen LogP contribution in [0.15, 0.2) is 53.7 Å². The maximum Gasteiger partial charge on any atom is 0.223 e. The summed E-state index contributed by atoms with van der Waals surface area (Å²) in [6.45, 7) is 6.85. The van der Waals surface area contributed by atoms with Gasteiger partial charge < -0.3 is 20.3 Å². The van der Waals surface area contributed by atoms with E-state index in [9.17, 15) is 4.79 Å². The first-order valence-electron chi connectivity index (χ1n) is 10.9. The normalized spacial score (nSPS) is 16.1. The predicted octanol–water partition coefficient (Wildman–Crippen LogP) is 3.24. The molecule has 1 unspecified atom stereocenters. The number of amides is 1. The number of rotatable bonds is 9. The number of pyridine rings is 1. The number of hydrogen-bond acceptors (Lipinski definition) is 4. The van der Waals surface area contributed by atoms with Crippen LogP contribution in [0.25, 0.3) is 0 Å². The number of nitrogens with zero attached hydrogens (tertiary/aromatic N) is 3. The maximum atomic E-state index is 12.4.